The van der Waals surface area contributed by atoms with Gasteiger partial charge in [-0.1, -0.05) is 6.42 Å². The molecule has 0 radical (unpaired) electrons. The highest BCUT2D eigenvalue weighted by atomic mass is 16.4. The third-order valence-electron chi connectivity index (χ3n) is 2.87. The van der Waals surface area contributed by atoms with Crippen LogP contribution >= 0.6 is 0 Å². The van der Waals surface area contributed by atoms with E-state index < -0.39 is 23.8 Å². The summed E-state index contributed by atoms with van der Waals surface area (Å²) in [6, 6.07) is 0. The lowest BCUT2D eigenvalue weighted by Crippen LogP contribution is -2.19. The van der Waals surface area contributed by atoms with Crippen LogP contribution in [0.3, 0.4) is 0 Å². The van der Waals surface area contributed by atoms with Crippen LogP contribution in [0, 0.1) is 11.8 Å². The summed E-state index contributed by atoms with van der Waals surface area (Å²) in [4.78, 5) is 43.6. The van der Waals surface area contributed by atoms with Crippen LogP contribution in [0.2, 0.25) is 0 Å². The first-order valence-corrected chi connectivity index (χ1v) is 6.18. The fourth-order valence-corrected chi connectivity index (χ4v) is 1.93. The summed E-state index contributed by atoms with van der Waals surface area (Å²) in [5.74, 6) is -4.05. The molecular weight excluding hydrogens is 252 g/mol. The summed E-state index contributed by atoms with van der Waals surface area (Å²) in [5, 5.41) is 17.8. The molecule has 0 aliphatic carbocycles. The van der Waals surface area contributed by atoms with Gasteiger partial charge in [-0.15, -0.1) is 0 Å². The number of carboxylic acid groups (broad SMARTS) is 2. The van der Waals surface area contributed by atoms with Gasteiger partial charge < -0.3 is 19.8 Å². The zero-order valence-corrected chi connectivity index (χ0v) is 11.2. The lowest BCUT2D eigenvalue weighted by atomic mass is 9.91. The first-order chi connectivity index (χ1) is 8.73. The molecule has 2 N–H and O–H groups in total. The van der Waals surface area contributed by atoms with Gasteiger partial charge in [-0.2, -0.15) is 0 Å². The van der Waals surface area contributed by atoms with Crippen molar-refractivity contribution < 1.29 is 29.4 Å². The number of ketones is 2. The number of carboxylic acids is 2. The van der Waals surface area contributed by atoms with Crippen LogP contribution in [0.5, 0.6) is 0 Å². The van der Waals surface area contributed by atoms with Crippen molar-refractivity contribution in [3.8, 4) is 0 Å². The van der Waals surface area contributed by atoms with E-state index in [-0.39, 0.29) is 37.2 Å². The Morgan fingerprint density at radius 1 is 0.789 bits per heavy atom. The van der Waals surface area contributed by atoms with Crippen molar-refractivity contribution in [2.75, 3.05) is 0 Å². The zero-order valence-electron chi connectivity index (χ0n) is 11.2. The fourth-order valence-electron chi connectivity index (χ4n) is 1.93. The molecule has 0 aromatic carbocycles. The van der Waals surface area contributed by atoms with E-state index >= 15 is 0 Å². The van der Waals surface area contributed by atoms with Crippen molar-refractivity contribution in [3.05, 3.63) is 0 Å². The number of Topliss-reactive ketones (excluding diaryl/α,β-unsaturated/α-hetero) is 2. The molecule has 0 heterocycles. The summed E-state index contributed by atoms with van der Waals surface area (Å²) in [6.07, 6.45) is 0.779. The van der Waals surface area contributed by atoms with Crippen LogP contribution in [-0.2, 0) is 19.2 Å². The van der Waals surface area contributed by atoms with Crippen LogP contribution in [0.25, 0.3) is 0 Å². The maximum absolute atomic E-state index is 10.9. The third-order valence-corrected chi connectivity index (χ3v) is 2.87. The second-order valence-electron chi connectivity index (χ2n) is 4.81. The molecule has 0 aromatic heterocycles. The Morgan fingerprint density at radius 2 is 1.11 bits per heavy atom. The predicted octanol–water partition coefficient (Wildman–Crippen LogP) is 1.52. The Balaban J connectivity index is 4.28. The summed E-state index contributed by atoms with van der Waals surface area (Å²) in [6.45, 7) is 2.65. The number of rotatable bonds is 10. The Kier molecular flexibility index (Phi) is 7.63. The maximum Gasteiger partial charge on any atom is 0.306 e. The molecule has 0 aliphatic heterocycles. The average Bonchev–Trinajstić information content (AvgIpc) is 2.24. The third kappa shape index (κ3) is 8.07. The molecule has 108 valence electrons. The Bertz CT molecular complexity index is 326. The van der Waals surface area contributed by atoms with Crippen molar-refractivity contribution in [3.63, 3.8) is 0 Å². The predicted molar refractivity (Wildman–Crippen MR) is 66.7 cm³/mol. The number of hydrogen-bond donors (Lipinski definition) is 2. The van der Waals surface area contributed by atoms with Gasteiger partial charge in [-0.05, 0) is 26.7 Å². The van der Waals surface area contributed by atoms with Gasteiger partial charge in [0, 0.05) is 12.8 Å². The van der Waals surface area contributed by atoms with Crippen molar-refractivity contribution in [1.29, 1.82) is 0 Å². The Labute approximate surface area is 111 Å². The minimum atomic E-state index is -1.05. The van der Waals surface area contributed by atoms with E-state index in [4.69, 9.17) is 10.2 Å². The van der Waals surface area contributed by atoms with Gasteiger partial charge in [0.05, 0.1) is 11.8 Å². The van der Waals surface area contributed by atoms with Gasteiger partial charge in [-0.25, -0.2) is 0 Å². The van der Waals surface area contributed by atoms with Gasteiger partial charge in [0.2, 0.25) is 0 Å². The van der Waals surface area contributed by atoms with Gasteiger partial charge in [0.1, 0.15) is 11.6 Å². The first kappa shape index (κ1) is 17.3. The van der Waals surface area contributed by atoms with Crippen LogP contribution < -0.4 is 0 Å². The molecule has 0 saturated carbocycles. The number of aliphatic carboxylic acids is 2. The molecule has 2 unspecified atom stereocenters. The van der Waals surface area contributed by atoms with Crippen LogP contribution in [0.4, 0.5) is 0 Å². The molecule has 0 fully saturated rings. The minimum Gasteiger partial charge on any atom is -0.481 e. The summed E-state index contributed by atoms with van der Waals surface area (Å²) in [7, 11) is 0. The quantitative estimate of drug-likeness (QED) is 0.624. The fraction of sp³-hybridized carbons (Fsp3) is 0.692. The Hall–Kier alpha value is -1.72. The van der Waals surface area contributed by atoms with Gasteiger partial charge >= 0.3 is 11.9 Å². The Morgan fingerprint density at radius 3 is 1.32 bits per heavy atom. The highest BCUT2D eigenvalue weighted by Gasteiger charge is 2.22. The second-order valence-corrected chi connectivity index (χ2v) is 4.81. The van der Waals surface area contributed by atoms with Gasteiger partial charge in [0.25, 0.3) is 0 Å². The molecule has 19 heavy (non-hydrogen) atoms. The molecule has 0 amide bonds. The minimum absolute atomic E-state index is 0.0419. The number of carbonyl (C=O) groups is 4. The van der Waals surface area contributed by atoms with Crippen LogP contribution in [-0.4, -0.2) is 33.7 Å². The molecule has 0 rings (SSSR count). The van der Waals surface area contributed by atoms with Gasteiger partial charge in [0.15, 0.2) is 0 Å². The average molecular weight is 272 g/mol. The lowest BCUT2D eigenvalue weighted by Gasteiger charge is -2.13. The molecule has 0 saturated heterocycles. The summed E-state index contributed by atoms with van der Waals surface area (Å²) in [5.41, 5.74) is 0. The zero-order chi connectivity index (χ0) is 15.0. The van der Waals surface area contributed by atoms with E-state index in [2.05, 4.69) is 0 Å². The topological polar surface area (TPSA) is 109 Å². The maximum atomic E-state index is 10.9. The van der Waals surface area contributed by atoms with E-state index in [1.165, 1.54) is 13.8 Å². The molecule has 6 nitrogen and oxygen atoms in total. The van der Waals surface area contributed by atoms with Gasteiger partial charge in [-0.3, -0.25) is 9.59 Å². The second kappa shape index (κ2) is 8.39. The molecular formula is C13H20O6. The number of carbonyl (C=O) groups excluding carboxylic acids is 2. The SMILES string of the molecule is CC(=O)CC(CCCC(CC(C)=O)C(=O)O)C(=O)O. The smallest absolute Gasteiger partial charge is 0.306 e. The first-order valence-electron chi connectivity index (χ1n) is 6.18. The molecule has 0 spiro atoms. The van der Waals surface area contributed by atoms with Crippen molar-refractivity contribution in [2.24, 2.45) is 11.8 Å². The molecule has 6 heteroatoms. The van der Waals surface area contributed by atoms with E-state index in [0.717, 1.165) is 0 Å². The van der Waals surface area contributed by atoms with Crippen molar-refractivity contribution >= 4 is 23.5 Å². The number of hydrogen-bond acceptors (Lipinski definition) is 4. The highest BCUT2D eigenvalue weighted by Crippen LogP contribution is 2.19. The lowest BCUT2D eigenvalue weighted by molar-refractivity contribution is -0.144. The largest absolute Gasteiger partial charge is 0.481 e. The standard InChI is InChI=1S/C13H20O6/c1-8(14)6-10(12(16)17)4-3-5-11(13(18)19)7-9(2)15/h10-11H,3-7H2,1-2H3,(H,16,17)(H,18,19). The van der Waals surface area contributed by atoms with Crippen molar-refractivity contribution in [2.45, 2.75) is 46.0 Å². The molecule has 0 aromatic rings. The normalized spacial score (nSPS) is 13.6. The van der Waals surface area contributed by atoms with Crippen LogP contribution in [0.15, 0.2) is 0 Å². The van der Waals surface area contributed by atoms with E-state index in [1.54, 1.807) is 0 Å². The molecule has 0 aliphatic rings. The highest BCUT2D eigenvalue weighted by molar-refractivity contribution is 5.82. The molecule has 2 atom stereocenters. The summed E-state index contributed by atoms with van der Waals surface area (Å²) < 4.78 is 0. The van der Waals surface area contributed by atoms with E-state index in [9.17, 15) is 19.2 Å². The van der Waals surface area contributed by atoms with E-state index in [0.29, 0.717) is 6.42 Å². The van der Waals surface area contributed by atoms with Crippen molar-refractivity contribution in [1.82, 2.24) is 0 Å². The monoisotopic (exact) mass is 272 g/mol. The van der Waals surface area contributed by atoms with Crippen LogP contribution in [0.1, 0.15) is 46.0 Å². The summed E-state index contributed by atoms with van der Waals surface area (Å²) >= 11 is 0. The van der Waals surface area contributed by atoms with E-state index in [1.807, 2.05) is 0 Å². The molecule has 0 bridgehead atoms.